The molecule has 2 aromatic carbocycles. The fraction of sp³-hybridized carbons (Fsp3) is 0.458. The molecule has 1 amide bonds. The maximum atomic E-state index is 14.6. The monoisotopic (exact) mass is 453 g/mol. The van der Waals surface area contributed by atoms with E-state index in [1.165, 1.54) is 24.3 Å². The molecule has 0 aromatic heterocycles. The summed E-state index contributed by atoms with van der Waals surface area (Å²) in [6, 6.07) is 9.76. The highest BCUT2D eigenvalue weighted by atomic mass is 19.4. The average molecular weight is 453 g/mol. The molecule has 3 nitrogen and oxygen atoms in total. The van der Waals surface area contributed by atoms with Gasteiger partial charge in [-0.05, 0) is 67.0 Å². The molecule has 1 fully saturated rings. The number of carbonyl (C=O) groups is 1. The van der Waals surface area contributed by atoms with Crippen molar-refractivity contribution in [2.24, 2.45) is 0 Å². The standard InChI is InChI=1S/C24H24F5NO2/c1-22(26,24(27,28)29)17-5-8-19-16(12-17)4-9-20-23(19,10-11-30(20)21(32)14-31)13-15-2-6-18(25)7-3-15/h2-3,5-8,12,20,31H,4,9-11,13-14H2,1H3/t20-,22?,23-/m1/s1. The van der Waals surface area contributed by atoms with Gasteiger partial charge in [0.05, 0.1) is 0 Å². The van der Waals surface area contributed by atoms with Gasteiger partial charge in [0.1, 0.15) is 12.4 Å². The van der Waals surface area contributed by atoms with Crippen LogP contribution in [0.3, 0.4) is 0 Å². The van der Waals surface area contributed by atoms with Crippen LogP contribution >= 0.6 is 0 Å². The molecule has 172 valence electrons. The summed E-state index contributed by atoms with van der Waals surface area (Å²) in [6.07, 6.45) is -3.17. The average Bonchev–Trinajstić information content (AvgIpc) is 3.13. The number of benzene rings is 2. The van der Waals surface area contributed by atoms with Crippen LogP contribution in [-0.4, -0.2) is 41.3 Å². The predicted molar refractivity (Wildman–Crippen MR) is 108 cm³/mol. The minimum atomic E-state index is -5.04. The van der Waals surface area contributed by atoms with Crippen LogP contribution in [-0.2, 0) is 28.7 Å². The Morgan fingerprint density at radius 3 is 2.47 bits per heavy atom. The number of rotatable bonds is 4. The second-order valence-corrected chi connectivity index (χ2v) is 8.88. The lowest BCUT2D eigenvalue weighted by Gasteiger charge is -2.44. The van der Waals surface area contributed by atoms with Crippen LogP contribution in [0.5, 0.6) is 0 Å². The minimum Gasteiger partial charge on any atom is -0.387 e. The van der Waals surface area contributed by atoms with Gasteiger partial charge in [-0.15, -0.1) is 0 Å². The highest BCUT2D eigenvalue weighted by Gasteiger charge is 2.55. The molecule has 1 aliphatic carbocycles. The first-order chi connectivity index (χ1) is 15.0. The van der Waals surface area contributed by atoms with E-state index in [2.05, 4.69) is 0 Å². The van der Waals surface area contributed by atoms with E-state index in [0.29, 0.717) is 44.7 Å². The quantitative estimate of drug-likeness (QED) is 0.688. The van der Waals surface area contributed by atoms with Crippen molar-refractivity contribution in [2.75, 3.05) is 13.2 Å². The first kappa shape index (κ1) is 22.7. The van der Waals surface area contributed by atoms with E-state index in [-0.39, 0.29) is 11.9 Å². The lowest BCUT2D eigenvalue weighted by Crippen LogP contribution is -2.50. The van der Waals surface area contributed by atoms with Gasteiger partial charge in [0.25, 0.3) is 0 Å². The molecule has 0 bridgehead atoms. The van der Waals surface area contributed by atoms with E-state index in [9.17, 15) is 31.9 Å². The predicted octanol–water partition coefficient (Wildman–Crippen LogP) is 4.59. The first-order valence-corrected chi connectivity index (χ1v) is 10.5. The van der Waals surface area contributed by atoms with Crippen LogP contribution in [0.15, 0.2) is 42.5 Å². The number of fused-ring (bicyclic) bond motifs is 3. The molecule has 32 heavy (non-hydrogen) atoms. The molecule has 1 heterocycles. The summed E-state index contributed by atoms with van der Waals surface area (Å²) in [5, 5.41) is 9.41. The molecular formula is C24H24F5NO2. The summed E-state index contributed by atoms with van der Waals surface area (Å²) in [6.45, 7) is 0.294. The summed E-state index contributed by atoms with van der Waals surface area (Å²) in [5.74, 6) is -0.779. The fourth-order valence-electron chi connectivity index (χ4n) is 5.38. The number of aliphatic hydroxyl groups excluding tert-OH is 1. The number of nitrogens with zero attached hydrogens (tertiary/aromatic N) is 1. The summed E-state index contributed by atoms with van der Waals surface area (Å²) in [7, 11) is 0. The van der Waals surface area contributed by atoms with Crippen LogP contribution in [0.1, 0.15) is 42.0 Å². The molecule has 0 radical (unpaired) electrons. The van der Waals surface area contributed by atoms with Crippen LogP contribution in [0.25, 0.3) is 0 Å². The van der Waals surface area contributed by atoms with E-state index in [0.717, 1.165) is 11.1 Å². The normalized spacial score (nSPS) is 24.6. The van der Waals surface area contributed by atoms with E-state index in [4.69, 9.17) is 0 Å². The third-order valence-electron chi connectivity index (χ3n) is 7.10. The van der Waals surface area contributed by atoms with Crippen LogP contribution in [0, 0.1) is 5.82 Å². The number of aliphatic hydroxyl groups is 1. The van der Waals surface area contributed by atoms with Crippen molar-refractivity contribution in [1.29, 1.82) is 0 Å². The second kappa shape index (κ2) is 7.83. The topological polar surface area (TPSA) is 40.5 Å². The molecule has 3 atom stereocenters. The Morgan fingerprint density at radius 1 is 1.16 bits per heavy atom. The Morgan fingerprint density at radius 2 is 1.84 bits per heavy atom. The third kappa shape index (κ3) is 3.58. The van der Waals surface area contributed by atoms with Gasteiger partial charge in [-0.25, -0.2) is 8.78 Å². The van der Waals surface area contributed by atoms with Crippen molar-refractivity contribution >= 4 is 5.91 Å². The summed E-state index contributed by atoms with van der Waals surface area (Å²) < 4.78 is 67.9. The number of hydrogen-bond acceptors (Lipinski definition) is 2. The van der Waals surface area contributed by atoms with Crippen molar-refractivity contribution in [3.63, 3.8) is 0 Å². The van der Waals surface area contributed by atoms with Crippen molar-refractivity contribution in [3.8, 4) is 0 Å². The van der Waals surface area contributed by atoms with Crippen LogP contribution < -0.4 is 0 Å². The molecule has 2 aliphatic rings. The Bertz CT molecular complexity index is 1020. The van der Waals surface area contributed by atoms with Gasteiger partial charge < -0.3 is 10.0 Å². The van der Waals surface area contributed by atoms with Crippen molar-refractivity contribution in [1.82, 2.24) is 4.90 Å². The number of carbonyl (C=O) groups excluding carboxylic acids is 1. The lowest BCUT2D eigenvalue weighted by molar-refractivity contribution is -0.228. The Hall–Kier alpha value is -2.48. The van der Waals surface area contributed by atoms with Gasteiger partial charge in [-0.2, -0.15) is 13.2 Å². The second-order valence-electron chi connectivity index (χ2n) is 8.88. The van der Waals surface area contributed by atoms with Crippen LogP contribution in [0.2, 0.25) is 0 Å². The largest absolute Gasteiger partial charge is 0.426 e. The molecule has 8 heteroatoms. The number of halogens is 5. The van der Waals surface area contributed by atoms with Gasteiger partial charge in [0.2, 0.25) is 11.6 Å². The number of likely N-dealkylation sites (tertiary alicyclic amines) is 1. The molecule has 1 unspecified atom stereocenters. The van der Waals surface area contributed by atoms with Crippen LogP contribution in [0.4, 0.5) is 22.0 Å². The van der Waals surface area contributed by atoms with E-state index < -0.39 is 35.3 Å². The van der Waals surface area contributed by atoms with E-state index in [1.54, 1.807) is 23.1 Å². The maximum Gasteiger partial charge on any atom is 0.426 e. The van der Waals surface area contributed by atoms with Gasteiger partial charge in [-0.3, -0.25) is 4.79 Å². The minimum absolute atomic E-state index is 0.259. The highest BCUT2D eigenvalue weighted by molar-refractivity contribution is 5.78. The molecular weight excluding hydrogens is 429 g/mol. The molecule has 0 saturated carbocycles. The first-order valence-electron chi connectivity index (χ1n) is 10.5. The lowest BCUT2D eigenvalue weighted by atomic mass is 9.63. The molecule has 2 aromatic rings. The summed E-state index contributed by atoms with van der Waals surface area (Å²) >= 11 is 0. The summed E-state index contributed by atoms with van der Waals surface area (Å²) in [4.78, 5) is 14.0. The highest BCUT2D eigenvalue weighted by Crippen LogP contribution is 2.51. The van der Waals surface area contributed by atoms with Crippen molar-refractivity contribution in [3.05, 3.63) is 70.5 Å². The zero-order valence-electron chi connectivity index (χ0n) is 17.6. The van der Waals surface area contributed by atoms with E-state index >= 15 is 0 Å². The SMILES string of the molecule is CC(F)(c1ccc2c(c1)CC[C@H]1N(C(=O)CO)CC[C@@]21Cc1ccc(F)cc1)C(F)(F)F. The maximum absolute atomic E-state index is 14.6. The van der Waals surface area contributed by atoms with Crippen molar-refractivity contribution in [2.45, 2.75) is 55.9 Å². The smallest absolute Gasteiger partial charge is 0.387 e. The third-order valence-corrected chi connectivity index (χ3v) is 7.10. The van der Waals surface area contributed by atoms with E-state index in [1.807, 2.05) is 0 Å². The Balaban J connectivity index is 1.80. The Labute approximate surface area is 182 Å². The van der Waals surface area contributed by atoms with Gasteiger partial charge in [0, 0.05) is 18.0 Å². The number of amides is 1. The zero-order valence-corrected chi connectivity index (χ0v) is 17.6. The molecule has 4 rings (SSSR count). The fourth-order valence-corrected chi connectivity index (χ4v) is 5.38. The summed E-state index contributed by atoms with van der Waals surface area (Å²) in [5.41, 5.74) is -2.28. The van der Waals surface area contributed by atoms with Crippen molar-refractivity contribution < 1.29 is 31.9 Å². The number of aryl methyl sites for hydroxylation is 1. The van der Waals surface area contributed by atoms with Gasteiger partial charge >= 0.3 is 6.18 Å². The molecule has 0 spiro atoms. The molecule has 1 aliphatic heterocycles. The molecule has 1 saturated heterocycles. The number of hydrogen-bond donors (Lipinski definition) is 1. The van der Waals surface area contributed by atoms with Gasteiger partial charge in [-0.1, -0.05) is 30.3 Å². The zero-order chi connectivity index (χ0) is 23.3. The Kier molecular flexibility index (Phi) is 5.56. The molecule has 1 N–H and O–H groups in total. The van der Waals surface area contributed by atoms with Gasteiger partial charge in [0.15, 0.2) is 0 Å². The number of alkyl halides is 4.